The number of amides is 2. The van der Waals surface area contributed by atoms with Gasteiger partial charge in [0.25, 0.3) is 11.8 Å². The summed E-state index contributed by atoms with van der Waals surface area (Å²) in [4.78, 5) is 28.3. The highest BCUT2D eigenvalue weighted by atomic mass is 16.5. The van der Waals surface area contributed by atoms with Crippen molar-refractivity contribution >= 4 is 17.5 Å². The lowest BCUT2D eigenvalue weighted by molar-refractivity contribution is -0.123. The summed E-state index contributed by atoms with van der Waals surface area (Å²) < 4.78 is 16.3. The zero-order chi connectivity index (χ0) is 22.9. The predicted molar refractivity (Wildman–Crippen MR) is 121 cm³/mol. The molecule has 166 valence electrons. The van der Waals surface area contributed by atoms with E-state index >= 15 is 0 Å². The molecule has 0 radical (unpaired) electrons. The molecule has 33 heavy (non-hydrogen) atoms. The minimum atomic E-state index is -0.326. The average molecular weight is 443 g/mol. The number of anilines is 1. The Morgan fingerprint density at radius 2 is 1.76 bits per heavy atom. The second-order valence-electron chi connectivity index (χ2n) is 6.94. The summed E-state index contributed by atoms with van der Waals surface area (Å²) in [5.41, 5.74) is 1.51. The molecule has 0 fully saturated rings. The van der Waals surface area contributed by atoms with E-state index in [1.54, 1.807) is 66.9 Å². The molecule has 0 saturated heterocycles. The van der Waals surface area contributed by atoms with Crippen molar-refractivity contribution in [3.63, 3.8) is 0 Å². The molecule has 2 N–H and O–H groups in total. The first-order valence-corrected chi connectivity index (χ1v) is 10.2. The van der Waals surface area contributed by atoms with Gasteiger partial charge in [-0.2, -0.15) is 0 Å². The van der Waals surface area contributed by atoms with Crippen LogP contribution >= 0.6 is 0 Å². The SMILES string of the molecule is O=C(COc1cccc(Oc2ccccn2)c1)NCc1ccc(NC(=O)c2ccco2)cc1. The number of nitrogens with zero attached hydrogens (tertiary/aromatic N) is 1. The van der Waals surface area contributed by atoms with Crippen LogP contribution in [0.2, 0.25) is 0 Å². The molecule has 0 bridgehead atoms. The highest BCUT2D eigenvalue weighted by molar-refractivity contribution is 6.02. The molecule has 2 amide bonds. The standard InChI is InChI=1S/C25H21N3O5/c29-23(17-32-20-5-3-6-21(15-20)33-24-8-1-2-13-26-24)27-16-18-9-11-19(12-10-18)28-25(30)22-7-4-14-31-22/h1-15H,16-17H2,(H,27,29)(H,28,30). The number of ether oxygens (including phenoxy) is 2. The van der Waals surface area contributed by atoms with Crippen molar-refractivity contribution in [1.82, 2.24) is 10.3 Å². The van der Waals surface area contributed by atoms with Crippen LogP contribution < -0.4 is 20.1 Å². The van der Waals surface area contributed by atoms with E-state index in [9.17, 15) is 9.59 Å². The first kappa shape index (κ1) is 21.6. The third kappa shape index (κ3) is 6.44. The van der Waals surface area contributed by atoms with E-state index in [0.29, 0.717) is 29.6 Å². The summed E-state index contributed by atoms with van der Waals surface area (Å²) in [6.45, 7) is 0.196. The van der Waals surface area contributed by atoms with Crippen molar-refractivity contribution < 1.29 is 23.5 Å². The van der Waals surface area contributed by atoms with Gasteiger partial charge in [0.05, 0.1) is 6.26 Å². The van der Waals surface area contributed by atoms with Crippen LogP contribution in [-0.4, -0.2) is 23.4 Å². The molecule has 4 rings (SSSR count). The summed E-state index contributed by atoms with van der Waals surface area (Å²) in [5.74, 6) is 1.19. The Hall–Kier alpha value is -4.59. The Labute approximate surface area is 190 Å². The third-order valence-electron chi connectivity index (χ3n) is 4.48. The maximum atomic E-state index is 12.2. The number of hydrogen-bond donors (Lipinski definition) is 2. The van der Waals surface area contributed by atoms with Gasteiger partial charge < -0.3 is 24.5 Å². The van der Waals surface area contributed by atoms with E-state index in [2.05, 4.69) is 15.6 Å². The highest BCUT2D eigenvalue weighted by Crippen LogP contribution is 2.23. The van der Waals surface area contributed by atoms with E-state index < -0.39 is 0 Å². The van der Waals surface area contributed by atoms with Gasteiger partial charge in [0, 0.05) is 30.6 Å². The smallest absolute Gasteiger partial charge is 0.291 e. The zero-order valence-corrected chi connectivity index (χ0v) is 17.6. The summed E-state index contributed by atoms with van der Waals surface area (Å²) in [6.07, 6.45) is 3.08. The molecule has 0 aliphatic heterocycles. The van der Waals surface area contributed by atoms with Gasteiger partial charge in [-0.05, 0) is 48.0 Å². The van der Waals surface area contributed by atoms with Crippen LogP contribution in [0.25, 0.3) is 0 Å². The molecule has 4 aromatic rings. The molecule has 2 aromatic heterocycles. The quantitative estimate of drug-likeness (QED) is 0.397. The first-order valence-electron chi connectivity index (χ1n) is 10.2. The van der Waals surface area contributed by atoms with Gasteiger partial charge in [-0.15, -0.1) is 0 Å². The van der Waals surface area contributed by atoms with E-state index in [1.807, 2.05) is 18.2 Å². The van der Waals surface area contributed by atoms with Crippen LogP contribution in [-0.2, 0) is 11.3 Å². The fourth-order valence-corrected chi connectivity index (χ4v) is 2.86. The third-order valence-corrected chi connectivity index (χ3v) is 4.48. The van der Waals surface area contributed by atoms with Crippen LogP contribution in [0.5, 0.6) is 17.4 Å². The number of hydrogen-bond acceptors (Lipinski definition) is 6. The highest BCUT2D eigenvalue weighted by Gasteiger charge is 2.09. The first-order chi connectivity index (χ1) is 16.2. The fourth-order valence-electron chi connectivity index (χ4n) is 2.86. The van der Waals surface area contributed by atoms with Crippen LogP contribution in [0.4, 0.5) is 5.69 Å². The van der Waals surface area contributed by atoms with Crippen molar-refractivity contribution in [3.05, 3.63) is 103 Å². The minimum Gasteiger partial charge on any atom is -0.484 e. The lowest BCUT2D eigenvalue weighted by Crippen LogP contribution is -2.28. The Kier molecular flexibility index (Phi) is 6.97. The topological polar surface area (TPSA) is 103 Å². The summed E-state index contributed by atoms with van der Waals surface area (Å²) >= 11 is 0. The normalized spacial score (nSPS) is 10.3. The number of benzene rings is 2. The minimum absolute atomic E-state index is 0.135. The van der Waals surface area contributed by atoms with E-state index in [1.165, 1.54) is 6.26 Å². The van der Waals surface area contributed by atoms with E-state index in [0.717, 1.165) is 5.56 Å². The van der Waals surface area contributed by atoms with Crippen molar-refractivity contribution in [2.45, 2.75) is 6.54 Å². The molecule has 8 heteroatoms. The Balaban J connectivity index is 1.22. The van der Waals surface area contributed by atoms with Crippen molar-refractivity contribution in [2.24, 2.45) is 0 Å². The molecule has 0 aliphatic carbocycles. The molecule has 0 aliphatic rings. The fraction of sp³-hybridized carbons (Fsp3) is 0.0800. The van der Waals surface area contributed by atoms with Crippen LogP contribution in [0.15, 0.2) is 95.7 Å². The Morgan fingerprint density at radius 1 is 0.909 bits per heavy atom. The van der Waals surface area contributed by atoms with Gasteiger partial charge in [-0.25, -0.2) is 4.98 Å². The number of aromatic nitrogens is 1. The molecule has 0 unspecified atom stereocenters. The summed E-state index contributed by atoms with van der Waals surface area (Å²) in [6, 6.07) is 22.8. The number of furan rings is 1. The molecule has 8 nitrogen and oxygen atoms in total. The number of carbonyl (C=O) groups excluding carboxylic acids is 2. The van der Waals surface area contributed by atoms with Crippen LogP contribution in [0.1, 0.15) is 16.1 Å². The van der Waals surface area contributed by atoms with Gasteiger partial charge in [0.1, 0.15) is 11.5 Å². The van der Waals surface area contributed by atoms with E-state index in [-0.39, 0.29) is 24.2 Å². The second-order valence-corrected chi connectivity index (χ2v) is 6.94. The van der Waals surface area contributed by atoms with Gasteiger partial charge >= 0.3 is 0 Å². The molecule has 0 atom stereocenters. The zero-order valence-electron chi connectivity index (χ0n) is 17.6. The van der Waals surface area contributed by atoms with Crippen molar-refractivity contribution in [3.8, 4) is 17.4 Å². The van der Waals surface area contributed by atoms with E-state index in [4.69, 9.17) is 13.9 Å². The number of nitrogens with one attached hydrogen (secondary N) is 2. The van der Waals surface area contributed by atoms with Crippen LogP contribution in [0.3, 0.4) is 0 Å². The van der Waals surface area contributed by atoms with Crippen LogP contribution in [0, 0.1) is 0 Å². The monoisotopic (exact) mass is 443 g/mol. The maximum absolute atomic E-state index is 12.2. The predicted octanol–water partition coefficient (Wildman–Crippen LogP) is 4.41. The van der Waals surface area contributed by atoms with Gasteiger partial charge in [0.15, 0.2) is 12.4 Å². The van der Waals surface area contributed by atoms with Crippen molar-refractivity contribution in [1.29, 1.82) is 0 Å². The lowest BCUT2D eigenvalue weighted by Gasteiger charge is -2.10. The number of carbonyl (C=O) groups is 2. The van der Waals surface area contributed by atoms with Crippen molar-refractivity contribution in [2.75, 3.05) is 11.9 Å². The van der Waals surface area contributed by atoms with Gasteiger partial charge in [-0.1, -0.05) is 24.3 Å². The number of pyridine rings is 1. The summed E-state index contributed by atoms with van der Waals surface area (Å²) in [5, 5.41) is 5.54. The van der Waals surface area contributed by atoms with Gasteiger partial charge in [0.2, 0.25) is 5.88 Å². The maximum Gasteiger partial charge on any atom is 0.291 e. The average Bonchev–Trinajstić information content (AvgIpc) is 3.39. The second kappa shape index (κ2) is 10.6. The molecule has 0 spiro atoms. The lowest BCUT2D eigenvalue weighted by atomic mass is 10.2. The molecule has 2 heterocycles. The molecule has 0 saturated carbocycles. The summed E-state index contributed by atoms with van der Waals surface area (Å²) in [7, 11) is 0. The number of rotatable bonds is 9. The molecular formula is C25H21N3O5. The Bertz CT molecular complexity index is 1190. The van der Waals surface area contributed by atoms with Gasteiger partial charge in [-0.3, -0.25) is 9.59 Å². The molecule has 2 aromatic carbocycles. The Morgan fingerprint density at radius 3 is 2.52 bits per heavy atom. The largest absolute Gasteiger partial charge is 0.484 e. The molecular weight excluding hydrogens is 422 g/mol.